The Morgan fingerprint density at radius 2 is 1.55 bits per heavy atom. The molecule has 0 spiro atoms. The van der Waals surface area contributed by atoms with Gasteiger partial charge in [0.05, 0.1) is 5.71 Å². The second-order valence-electron chi connectivity index (χ2n) is 7.57. The Kier molecular flexibility index (Phi) is 6.14. The van der Waals surface area contributed by atoms with Gasteiger partial charge >= 0.3 is 0 Å². The molecule has 0 aromatic heterocycles. The Hall–Kier alpha value is -3.44. The Morgan fingerprint density at radius 3 is 2.23 bits per heavy atom. The zero-order valence-corrected chi connectivity index (χ0v) is 17.8. The van der Waals surface area contributed by atoms with Crippen LogP contribution in [-0.2, 0) is 4.79 Å². The third-order valence-electron chi connectivity index (χ3n) is 5.36. The summed E-state index contributed by atoms with van der Waals surface area (Å²) in [5.74, 6) is -0.0100. The molecule has 31 heavy (non-hydrogen) atoms. The van der Waals surface area contributed by atoms with Gasteiger partial charge in [-0.05, 0) is 66.8 Å². The number of nitrogens with zero attached hydrogens (tertiary/aromatic N) is 1. The van der Waals surface area contributed by atoms with Gasteiger partial charge in [0.2, 0.25) is 5.91 Å². The molecular formula is C25H22ClN3O2. The highest BCUT2D eigenvalue weighted by atomic mass is 35.5. The van der Waals surface area contributed by atoms with Crippen LogP contribution in [0.5, 0.6) is 0 Å². The Balaban J connectivity index is 1.32. The fraction of sp³-hybridized carbons (Fsp3) is 0.160. The highest BCUT2D eigenvalue weighted by Crippen LogP contribution is 2.47. The van der Waals surface area contributed by atoms with Crippen LogP contribution in [0.15, 0.2) is 84.0 Å². The number of hydrogen-bond acceptors (Lipinski definition) is 3. The molecule has 156 valence electrons. The number of rotatable bonds is 6. The first-order valence-corrected chi connectivity index (χ1v) is 10.5. The van der Waals surface area contributed by atoms with Crippen molar-refractivity contribution in [3.05, 3.63) is 101 Å². The minimum atomic E-state index is -0.209. The smallest absolute Gasteiger partial charge is 0.255 e. The number of anilines is 1. The Labute approximate surface area is 186 Å². The summed E-state index contributed by atoms with van der Waals surface area (Å²) in [4.78, 5) is 24.7. The van der Waals surface area contributed by atoms with Crippen LogP contribution in [0.4, 0.5) is 5.69 Å². The molecule has 0 heterocycles. The molecule has 1 aliphatic carbocycles. The molecule has 5 nitrogen and oxygen atoms in total. The van der Waals surface area contributed by atoms with E-state index in [1.165, 1.54) is 5.56 Å². The van der Waals surface area contributed by atoms with Gasteiger partial charge in [-0.15, -0.1) is 0 Å². The summed E-state index contributed by atoms with van der Waals surface area (Å²) in [5.41, 5.74) is 6.64. The fourth-order valence-electron chi connectivity index (χ4n) is 3.44. The first kappa shape index (κ1) is 20.8. The maximum atomic E-state index is 12.4. The second-order valence-corrected chi connectivity index (χ2v) is 8.01. The number of carbonyl (C=O) groups excluding carboxylic acids is 2. The molecule has 0 radical (unpaired) electrons. The van der Waals surface area contributed by atoms with Gasteiger partial charge in [-0.2, -0.15) is 5.10 Å². The van der Waals surface area contributed by atoms with Crippen LogP contribution in [0.1, 0.15) is 40.7 Å². The van der Waals surface area contributed by atoms with E-state index in [0.29, 0.717) is 22.0 Å². The van der Waals surface area contributed by atoms with Gasteiger partial charge < -0.3 is 5.32 Å². The van der Waals surface area contributed by atoms with Crippen molar-refractivity contribution in [2.75, 3.05) is 5.32 Å². The van der Waals surface area contributed by atoms with Crippen LogP contribution in [-0.4, -0.2) is 17.5 Å². The number of amides is 2. The molecule has 0 aliphatic heterocycles. The second kappa shape index (κ2) is 9.14. The lowest BCUT2D eigenvalue weighted by molar-refractivity contribution is -0.122. The maximum Gasteiger partial charge on any atom is 0.255 e. The van der Waals surface area contributed by atoms with Gasteiger partial charge in [0.25, 0.3) is 5.91 Å². The fourth-order valence-corrected chi connectivity index (χ4v) is 3.57. The minimum absolute atomic E-state index is 0.0237. The predicted octanol–water partition coefficient (Wildman–Crippen LogP) is 5.24. The molecule has 0 bridgehead atoms. The average Bonchev–Trinajstić information content (AvgIpc) is 3.60. The van der Waals surface area contributed by atoms with Gasteiger partial charge in [-0.3, -0.25) is 9.59 Å². The molecule has 1 fully saturated rings. The molecular weight excluding hydrogens is 410 g/mol. The van der Waals surface area contributed by atoms with E-state index in [9.17, 15) is 9.59 Å². The van der Waals surface area contributed by atoms with E-state index in [-0.39, 0.29) is 23.7 Å². The quantitative estimate of drug-likeness (QED) is 0.414. The average molecular weight is 432 g/mol. The van der Waals surface area contributed by atoms with E-state index in [2.05, 4.69) is 28.0 Å². The van der Waals surface area contributed by atoms with Crippen LogP contribution in [0.25, 0.3) is 0 Å². The normalized spacial score (nSPS) is 17.7. The highest BCUT2D eigenvalue weighted by Gasteiger charge is 2.43. The minimum Gasteiger partial charge on any atom is -0.322 e. The van der Waals surface area contributed by atoms with E-state index >= 15 is 0 Å². The van der Waals surface area contributed by atoms with Gasteiger partial charge in [0, 0.05) is 22.2 Å². The molecule has 2 atom stereocenters. The van der Waals surface area contributed by atoms with Gasteiger partial charge in [0.15, 0.2) is 0 Å². The van der Waals surface area contributed by atoms with Gasteiger partial charge in [0.1, 0.15) is 0 Å². The molecule has 3 aromatic carbocycles. The zero-order chi connectivity index (χ0) is 21.8. The van der Waals surface area contributed by atoms with E-state index < -0.39 is 0 Å². The lowest BCUT2D eigenvalue weighted by atomic mass is 10.1. The standard InChI is InChI=1S/C25H22ClN3O2/c1-16(28-29-25(31)23-15-22(23)18-5-3-2-4-6-18)17-9-13-21(14-10-17)27-24(30)19-7-11-20(26)12-8-19/h2-14,22-23H,15H2,1H3,(H,27,30)(H,29,31)/b28-16-/t22-,23+/m1/s1. The zero-order valence-electron chi connectivity index (χ0n) is 17.0. The van der Waals surface area contributed by atoms with Crippen LogP contribution in [0.3, 0.4) is 0 Å². The summed E-state index contributed by atoms with van der Waals surface area (Å²) in [6.45, 7) is 1.84. The summed E-state index contributed by atoms with van der Waals surface area (Å²) in [5, 5.41) is 7.68. The summed E-state index contributed by atoms with van der Waals surface area (Å²) < 4.78 is 0. The van der Waals surface area contributed by atoms with Crippen molar-refractivity contribution in [2.24, 2.45) is 11.0 Å². The summed E-state index contributed by atoms with van der Waals surface area (Å²) in [7, 11) is 0. The maximum absolute atomic E-state index is 12.4. The molecule has 3 aromatic rings. The van der Waals surface area contributed by atoms with Crippen LogP contribution < -0.4 is 10.7 Å². The van der Waals surface area contributed by atoms with Crippen molar-refractivity contribution in [2.45, 2.75) is 19.3 Å². The van der Waals surface area contributed by atoms with Crippen molar-refractivity contribution < 1.29 is 9.59 Å². The summed E-state index contributed by atoms with van der Waals surface area (Å²) >= 11 is 5.86. The lowest BCUT2D eigenvalue weighted by Gasteiger charge is -2.07. The topological polar surface area (TPSA) is 70.6 Å². The van der Waals surface area contributed by atoms with Crippen molar-refractivity contribution in [3.63, 3.8) is 0 Å². The number of carbonyl (C=O) groups is 2. The third-order valence-corrected chi connectivity index (χ3v) is 5.61. The monoisotopic (exact) mass is 431 g/mol. The van der Waals surface area contributed by atoms with Crippen LogP contribution in [0, 0.1) is 5.92 Å². The number of hydrogen-bond donors (Lipinski definition) is 2. The van der Waals surface area contributed by atoms with Crippen LogP contribution in [0.2, 0.25) is 5.02 Å². The molecule has 0 saturated heterocycles. The van der Waals surface area contributed by atoms with E-state index in [4.69, 9.17) is 11.6 Å². The van der Waals surface area contributed by atoms with Crippen molar-refractivity contribution in [1.82, 2.24) is 5.43 Å². The van der Waals surface area contributed by atoms with Gasteiger partial charge in [-0.1, -0.05) is 54.1 Å². The predicted molar refractivity (Wildman–Crippen MR) is 123 cm³/mol. The number of halogens is 1. The molecule has 1 saturated carbocycles. The van der Waals surface area contributed by atoms with Crippen LogP contribution >= 0.6 is 11.6 Å². The third kappa shape index (κ3) is 5.19. The molecule has 6 heteroatoms. The Bertz CT molecular complexity index is 1110. The van der Waals surface area contributed by atoms with E-state index in [1.807, 2.05) is 37.3 Å². The van der Waals surface area contributed by atoms with E-state index in [1.54, 1.807) is 36.4 Å². The number of hydrazone groups is 1. The SMILES string of the molecule is C/C(=N/NC(=O)[C@H]1C[C@@H]1c1ccccc1)c1ccc(NC(=O)c2ccc(Cl)cc2)cc1. The van der Waals surface area contributed by atoms with Crippen molar-refractivity contribution in [1.29, 1.82) is 0 Å². The van der Waals surface area contributed by atoms with Gasteiger partial charge in [-0.25, -0.2) is 5.43 Å². The molecule has 1 aliphatic rings. The van der Waals surface area contributed by atoms with E-state index in [0.717, 1.165) is 12.0 Å². The molecule has 2 N–H and O–H groups in total. The molecule has 4 rings (SSSR count). The van der Waals surface area contributed by atoms with Crippen molar-refractivity contribution >= 4 is 34.8 Å². The number of benzene rings is 3. The first-order chi connectivity index (χ1) is 15.0. The lowest BCUT2D eigenvalue weighted by Crippen LogP contribution is -2.21. The largest absolute Gasteiger partial charge is 0.322 e. The van der Waals surface area contributed by atoms with Crippen molar-refractivity contribution in [3.8, 4) is 0 Å². The Morgan fingerprint density at radius 1 is 0.903 bits per heavy atom. The molecule has 0 unspecified atom stereocenters. The molecule has 2 amide bonds. The summed E-state index contributed by atoms with van der Waals surface area (Å²) in [6, 6.07) is 24.1. The number of nitrogens with one attached hydrogen (secondary N) is 2. The first-order valence-electron chi connectivity index (χ1n) is 10.1. The highest BCUT2D eigenvalue weighted by molar-refractivity contribution is 6.30. The summed E-state index contributed by atoms with van der Waals surface area (Å²) in [6.07, 6.45) is 0.854.